The zero-order chi connectivity index (χ0) is 27.1. The number of carbonyl (C=O) groups is 3. The standard InChI is InChI=1S/C27H28N8O3/c1-17-9-11-18(12-10-17)25-32-23(24(28)37)21-16-22(36)35(26(21)33-25)20-8-6-7-19(15-20)27(38)30-13-4-2-3-5-14-31-34-29/h6-12,15H,2-5,13-14,16H2,1H3,(H2,28,37)(H,30,38). The van der Waals surface area contributed by atoms with Crippen LogP contribution in [0.25, 0.3) is 21.8 Å². The van der Waals surface area contributed by atoms with Gasteiger partial charge in [-0.15, -0.1) is 0 Å². The highest BCUT2D eigenvalue weighted by molar-refractivity contribution is 6.10. The number of amides is 3. The summed E-state index contributed by atoms with van der Waals surface area (Å²) in [6, 6.07) is 14.2. The molecule has 2 heterocycles. The lowest BCUT2D eigenvalue weighted by atomic mass is 10.1. The van der Waals surface area contributed by atoms with Crippen LogP contribution in [0.4, 0.5) is 11.5 Å². The molecule has 0 fully saturated rings. The van der Waals surface area contributed by atoms with Gasteiger partial charge >= 0.3 is 0 Å². The fourth-order valence-corrected chi connectivity index (χ4v) is 4.27. The number of primary amides is 1. The molecule has 0 bridgehead atoms. The first kappa shape index (κ1) is 26.3. The predicted octanol–water partition coefficient (Wildman–Crippen LogP) is 4.37. The van der Waals surface area contributed by atoms with Gasteiger partial charge in [-0.05, 0) is 43.5 Å². The van der Waals surface area contributed by atoms with Crippen molar-refractivity contribution in [2.75, 3.05) is 18.0 Å². The van der Waals surface area contributed by atoms with E-state index in [1.807, 2.05) is 31.2 Å². The van der Waals surface area contributed by atoms with Gasteiger partial charge in [-0.2, -0.15) is 0 Å². The van der Waals surface area contributed by atoms with Crippen LogP contribution in [0.2, 0.25) is 0 Å². The lowest BCUT2D eigenvalue weighted by Gasteiger charge is -2.18. The number of hydrogen-bond donors (Lipinski definition) is 2. The molecule has 3 aromatic rings. The summed E-state index contributed by atoms with van der Waals surface area (Å²) >= 11 is 0. The Hall–Kier alpha value is -4.76. The number of anilines is 2. The Morgan fingerprint density at radius 3 is 2.61 bits per heavy atom. The Labute approximate surface area is 219 Å². The number of aromatic nitrogens is 2. The summed E-state index contributed by atoms with van der Waals surface area (Å²) in [5.74, 6) is -0.722. The first-order valence-electron chi connectivity index (χ1n) is 12.4. The van der Waals surface area contributed by atoms with Crippen molar-refractivity contribution in [1.82, 2.24) is 15.3 Å². The topological polar surface area (TPSA) is 167 Å². The summed E-state index contributed by atoms with van der Waals surface area (Å²) in [5.41, 5.74) is 16.9. The maximum atomic E-state index is 13.1. The summed E-state index contributed by atoms with van der Waals surface area (Å²) in [6.45, 7) is 2.94. The molecular weight excluding hydrogens is 484 g/mol. The molecule has 3 N–H and O–H groups in total. The molecule has 0 atom stereocenters. The summed E-state index contributed by atoms with van der Waals surface area (Å²) in [4.78, 5) is 51.2. The molecular formula is C27H28N8O3. The van der Waals surface area contributed by atoms with E-state index in [1.165, 1.54) is 4.90 Å². The number of rotatable bonds is 11. The van der Waals surface area contributed by atoms with Crippen molar-refractivity contribution in [2.24, 2.45) is 10.8 Å². The highest BCUT2D eigenvalue weighted by atomic mass is 16.2. The average Bonchev–Trinajstić information content (AvgIpc) is 3.25. The van der Waals surface area contributed by atoms with Crippen molar-refractivity contribution in [3.8, 4) is 11.4 Å². The second kappa shape index (κ2) is 12.0. The van der Waals surface area contributed by atoms with Gasteiger partial charge < -0.3 is 11.1 Å². The molecule has 0 radical (unpaired) electrons. The minimum Gasteiger partial charge on any atom is -0.364 e. The number of carbonyl (C=O) groups excluding carboxylic acids is 3. The average molecular weight is 513 g/mol. The zero-order valence-corrected chi connectivity index (χ0v) is 21.1. The predicted molar refractivity (Wildman–Crippen MR) is 143 cm³/mol. The first-order valence-corrected chi connectivity index (χ1v) is 12.4. The Morgan fingerprint density at radius 1 is 1.11 bits per heavy atom. The van der Waals surface area contributed by atoms with Crippen molar-refractivity contribution >= 4 is 29.2 Å². The largest absolute Gasteiger partial charge is 0.364 e. The highest BCUT2D eigenvalue weighted by Crippen LogP contribution is 2.37. The maximum absolute atomic E-state index is 13.1. The van der Waals surface area contributed by atoms with Crippen LogP contribution in [-0.4, -0.2) is 40.8 Å². The lowest BCUT2D eigenvalue weighted by molar-refractivity contribution is -0.116. The molecule has 38 heavy (non-hydrogen) atoms. The lowest BCUT2D eigenvalue weighted by Crippen LogP contribution is -2.25. The summed E-state index contributed by atoms with van der Waals surface area (Å²) in [7, 11) is 0. The number of fused-ring (bicyclic) bond motifs is 1. The molecule has 1 aromatic heterocycles. The molecule has 3 amide bonds. The summed E-state index contributed by atoms with van der Waals surface area (Å²) in [6.07, 6.45) is 3.37. The Balaban J connectivity index is 1.54. The molecule has 1 aliphatic rings. The van der Waals surface area contributed by atoms with Crippen LogP contribution < -0.4 is 16.0 Å². The number of nitrogens with zero attached hydrogens (tertiary/aromatic N) is 6. The summed E-state index contributed by atoms with van der Waals surface area (Å²) < 4.78 is 0. The van der Waals surface area contributed by atoms with Crippen molar-refractivity contribution in [3.63, 3.8) is 0 Å². The van der Waals surface area contributed by atoms with Crippen LogP contribution in [0.1, 0.15) is 57.7 Å². The van der Waals surface area contributed by atoms with Crippen molar-refractivity contribution < 1.29 is 14.4 Å². The van der Waals surface area contributed by atoms with Gasteiger partial charge in [0.1, 0.15) is 11.5 Å². The Kier molecular flexibility index (Phi) is 8.30. The SMILES string of the molecule is Cc1ccc(-c2nc(C(N)=O)c3c(n2)N(c2cccc(C(=O)NCCCCCCN=[N+]=[N-])c2)C(=O)C3)cc1. The maximum Gasteiger partial charge on any atom is 0.267 e. The van der Waals surface area contributed by atoms with Gasteiger partial charge in [-0.1, -0.05) is 53.9 Å². The van der Waals surface area contributed by atoms with Crippen molar-refractivity contribution in [2.45, 2.75) is 39.0 Å². The molecule has 0 spiro atoms. The van der Waals surface area contributed by atoms with Crippen molar-refractivity contribution in [3.05, 3.63) is 81.4 Å². The second-order valence-corrected chi connectivity index (χ2v) is 9.01. The van der Waals surface area contributed by atoms with Gasteiger partial charge in [-0.3, -0.25) is 19.3 Å². The van der Waals surface area contributed by atoms with Crippen LogP contribution in [0.5, 0.6) is 0 Å². The molecule has 2 aromatic carbocycles. The molecule has 11 nitrogen and oxygen atoms in total. The van der Waals surface area contributed by atoms with E-state index in [2.05, 4.69) is 25.3 Å². The molecule has 0 saturated carbocycles. The Morgan fingerprint density at radius 2 is 1.87 bits per heavy atom. The Bertz CT molecular complexity index is 1410. The fraction of sp³-hybridized carbons (Fsp3) is 0.296. The number of unbranched alkanes of at least 4 members (excludes halogenated alkanes) is 3. The van der Waals surface area contributed by atoms with Gasteiger partial charge in [-0.25, -0.2) is 9.97 Å². The van der Waals surface area contributed by atoms with Gasteiger partial charge in [0.2, 0.25) is 5.91 Å². The number of nitrogens with one attached hydrogen (secondary N) is 1. The van der Waals surface area contributed by atoms with Gasteiger partial charge in [0.15, 0.2) is 5.82 Å². The van der Waals surface area contributed by atoms with E-state index in [-0.39, 0.29) is 35.6 Å². The van der Waals surface area contributed by atoms with Gasteiger partial charge in [0.25, 0.3) is 11.8 Å². The monoisotopic (exact) mass is 512 g/mol. The van der Waals surface area contributed by atoms with Crippen LogP contribution in [-0.2, 0) is 11.2 Å². The van der Waals surface area contributed by atoms with E-state index in [1.54, 1.807) is 24.3 Å². The minimum absolute atomic E-state index is 0.00903. The molecule has 0 aliphatic carbocycles. The van der Waals surface area contributed by atoms with Crippen LogP contribution >= 0.6 is 0 Å². The van der Waals surface area contributed by atoms with Crippen molar-refractivity contribution in [1.29, 1.82) is 0 Å². The molecule has 0 saturated heterocycles. The molecule has 194 valence electrons. The van der Waals surface area contributed by atoms with Crippen LogP contribution in [0, 0.1) is 6.92 Å². The number of benzene rings is 2. The number of aryl methyl sites for hydroxylation is 1. The fourth-order valence-electron chi connectivity index (χ4n) is 4.27. The molecule has 1 aliphatic heterocycles. The normalized spacial score (nSPS) is 12.1. The highest BCUT2D eigenvalue weighted by Gasteiger charge is 2.35. The van der Waals surface area contributed by atoms with E-state index in [0.717, 1.165) is 31.2 Å². The first-order chi connectivity index (χ1) is 18.4. The minimum atomic E-state index is -0.738. The zero-order valence-electron chi connectivity index (χ0n) is 21.1. The molecule has 4 rings (SSSR count). The second-order valence-electron chi connectivity index (χ2n) is 9.01. The van der Waals surface area contributed by atoms with Gasteiger partial charge in [0.05, 0.1) is 12.1 Å². The molecule has 0 unspecified atom stereocenters. The third-order valence-electron chi connectivity index (χ3n) is 6.22. The third-order valence-corrected chi connectivity index (χ3v) is 6.22. The van der Waals surface area contributed by atoms with Crippen LogP contribution in [0.15, 0.2) is 53.6 Å². The third kappa shape index (κ3) is 5.96. The molecule has 11 heteroatoms. The van der Waals surface area contributed by atoms with Crippen LogP contribution in [0.3, 0.4) is 0 Å². The van der Waals surface area contributed by atoms with Gasteiger partial charge in [0, 0.05) is 34.7 Å². The number of hydrogen-bond acceptors (Lipinski definition) is 6. The van der Waals surface area contributed by atoms with E-state index in [9.17, 15) is 14.4 Å². The summed E-state index contributed by atoms with van der Waals surface area (Å²) in [5, 5.41) is 6.40. The quantitative estimate of drug-likeness (QED) is 0.168. The van der Waals surface area contributed by atoms with E-state index in [0.29, 0.717) is 35.5 Å². The number of azide groups is 1. The van der Waals surface area contributed by atoms with E-state index in [4.69, 9.17) is 11.3 Å². The smallest absolute Gasteiger partial charge is 0.267 e. The number of nitrogens with two attached hydrogens (primary N) is 1. The van der Waals surface area contributed by atoms with E-state index < -0.39 is 5.91 Å². The van der Waals surface area contributed by atoms with E-state index >= 15 is 0 Å².